The summed E-state index contributed by atoms with van der Waals surface area (Å²) in [5.74, 6) is -2.23. The van der Waals surface area contributed by atoms with E-state index in [1.54, 1.807) is 24.3 Å². The van der Waals surface area contributed by atoms with Gasteiger partial charge in [0, 0.05) is 16.4 Å². The second-order valence-corrected chi connectivity index (χ2v) is 9.82. The quantitative estimate of drug-likeness (QED) is 0.367. The molecule has 0 aliphatic heterocycles. The zero-order valence-electron chi connectivity index (χ0n) is 17.3. The van der Waals surface area contributed by atoms with Crippen LogP contribution in [0, 0.1) is 5.82 Å². The maximum atomic E-state index is 13.1. The Balaban J connectivity index is 1.79. The first-order valence-electron chi connectivity index (χ1n) is 9.51. The van der Waals surface area contributed by atoms with Gasteiger partial charge in [0.1, 0.15) is 10.7 Å². The number of benzene rings is 3. The number of sulfonamides is 1. The molecule has 3 aromatic rings. The fraction of sp³-hybridized carbons (Fsp3) is 0.0909. The van der Waals surface area contributed by atoms with E-state index in [9.17, 15) is 22.4 Å². The zero-order valence-corrected chi connectivity index (χ0v) is 20.4. The van der Waals surface area contributed by atoms with E-state index in [-0.39, 0.29) is 21.3 Å². The summed E-state index contributed by atoms with van der Waals surface area (Å²) in [4.78, 5) is 24.5. The predicted molar refractivity (Wildman–Crippen MR) is 129 cm³/mol. The average Bonchev–Trinajstić information content (AvgIpc) is 2.76. The molecule has 0 unspecified atom stereocenters. The highest BCUT2D eigenvalue weighted by Crippen LogP contribution is 2.31. The Labute approximate surface area is 209 Å². The molecule has 0 saturated carbocycles. The van der Waals surface area contributed by atoms with Crippen LogP contribution in [-0.2, 0) is 19.6 Å². The average molecular weight is 546 g/mol. The summed E-state index contributed by atoms with van der Waals surface area (Å²) < 4.78 is 46.1. The van der Waals surface area contributed by atoms with Gasteiger partial charge in [0.25, 0.3) is 15.9 Å². The van der Waals surface area contributed by atoms with E-state index < -0.39 is 38.7 Å². The Bertz CT molecular complexity index is 1330. The van der Waals surface area contributed by atoms with Crippen molar-refractivity contribution in [2.75, 3.05) is 10.0 Å². The number of amides is 1. The molecule has 0 aliphatic carbocycles. The normalized spacial score (nSPS) is 12.0. The largest absolute Gasteiger partial charge is 0.449 e. The van der Waals surface area contributed by atoms with Crippen LogP contribution in [0.5, 0.6) is 0 Å². The molecule has 0 radical (unpaired) electrons. The standard InChI is InChI=1S/C22H16Cl3FN2O5S/c1-12(21(29)27-15-6-2-13(23)3-7-15)33-22(30)17-10-20(19(25)11-18(17)24)34(31,32)28-16-8-4-14(26)5-9-16/h2-12,28H,1H3,(H,27,29)/t12-/m1/s1. The fourth-order valence-electron chi connectivity index (χ4n) is 2.67. The van der Waals surface area contributed by atoms with Crippen molar-refractivity contribution in [2.24, 2.45) is 0 Å². The summed E-state index contributed by atoms with van der Waals surface area (Å²) in [6.45, 7) is 1.33. The number of halogens is 4. The lowest BCUT2D eigenvalue weighted by molar-refractivity contribution is -0.123. The Morgan fingerprint density at radius 3 is 2.12 bits per heavy atom. The summed E-state index contributed by atoms with van der Waals surface area (Å²) in [6, 6.07) is 12.8. The Hall–Kier alpha value is -2.85. The summed E-state index contributed by atoms with van der Waals surface area (Å²) in [7, 11) is -4.28. The molecule has 0 aromatic heterocycles. The highest BCUT2D eigenvalue weighted by molar-refractivity contribution is 7.92. The van der Waals surface area contributed by atoms with Gasteiger partial charge in [-0.15, -0.1) is 0 Å². The minimum Gasteiger partial charge on any atom is -0.449 e. The lowest BCUT2D eigenvalue weighted by Crippen LogP contribution is -2.30. The van der Waals surface area contributed by atoms with Crippen molar-refractivity contribution < 1.29 is 27.1 Å². The number of hydrogen-bond donors (Lipinski definition) is 2. The van der Waals surface area contributed by atoms with E-state index in [2.05, 4.69) is 10.0 Å². The maximum Gasteiger partial charge on any atom is 0.340 e. The molecule has 0 aliphatic rings. The maximum absolute atomic E-state index is 13.1. The molecular formula is C22H16Cl3FN2O5S. The highest BCUT2D eigenvalue weighted by atomic mass is 35.5. The van der Waals surface area contributed by atoms with Crippen molar-refractivity contribution >= 4 is 68.1 Å². The molecule has 7 nitrogen and oxygen atoms in total. The van der Waals surface area contributed by atoms with Gasteiger partial charge < -0.3 is 10.1 Å². The number of esters is 1. The number of rotatable bonds is 7. The minimum absolute atomic E-state index is 0.0732. The van der Waals surface area contributed by atoms with E-state index in [4.69, 9.17) is 39.5 Å². The molecule has 1 atom stereocenters. The molecule has 3 aromatic carbocycles. The van der Waals surface area contributed by atoms with Crippen LogP contribution < -0.4 is 10.0 Å². The fourth-order valence-corrected chi connectivity index (χ4v) is 4.71. The van der Waals surface area contributed by atoms with Crippen LogP contribution in [0.2, 0.25) is 15.1 Å². The van der Waals surface area contributed by atoms with Crippen LogP contribution in [0.3, 0.4) is 0 Å². The van der Waals surface area contributed by atoms with Crippen molar-refractivity contribution in [3.63, 3.8) is 0 Å². The molecule has 12 heteroatoms. The molecule has 3 rings (SSSR count). The van der Waals surface area contributed by atoms with Crippen LogP contribution in [0.15, 0.2) is 65.6 Å². The van der Waals surface area contributed by atoms with E-state index in [1.165, 1.54) is 19.1 Å². The first kappa shape index (κ1) is 25.8. The van der Waals surface area contributed by atoms with Crippen LogP contribution in [0.1, 0.15) is 17.3 Å². The van der Waals surface area contributed by atoms with Gasteiger partial charge >= 0.3 is 5.97 Å². The van der Waals surface area contributed by atoms with E-state index in [0.717, 1.165) is 24.3 Å². The third kappa shape index (κ3) is 6.38. The minimum atomic E-state index is -4.28. The molecular weight excluding hydrogens is 530 g/mol. The summed E-state index contributed by atoms with van der Waals surface area (Å²) in [5.41, 5.74) is 0.183. The third-order valence-electron chi connectivity index (χ3n) is 4.39. The van der Waals surface area contributed by atoms with Gasteiger partial charge in [-0.05, 0) is 67.6 Å². The van der Waals surface area contributed by atoms with Crippen LogP contribution in [0.25, 0.3) is 0 Å². The second-order valence-electron chi connectivity index (χ2n) is 6.92. The molecule has 178 valence electrons. The number of hydrogen-bond acceptors (Lipinski definition) is 5. The first-order chi connectivity index (χ1) is 16.0. The Morgan fingerprint density at radius 2 is 1.50 bits per heavy atom. The van der Waals surface area contributed by atoms with Crippen molar-refractivity contribution in [1.82, 2.24) is 0 Å². The molecule has 0 spiro atoms. The zero-order chi connectivity index (χ0) is 25.0. The topological polar surface area (TPSA) is 102 Å². The number of carbonyl (C=O) groups excluding carboxylic acids is 2. The summed E-state index contributed by atoms with van der Waals surface area (Å²) >= 11 is 17.9. The Kier molecular flexibility index (Phi) is 8.04. The lowest BCUT2D eigenvalue weighted by Gasteiger charge is -2.15. The summed E-state index contributed by atoms with van der Waals surface area (Å²) in [5, 5.41) is 2.60. The second kappa shape index (κ2) is 10.6. The van der Waals surface area contributed by atoms with Crippen molar-refractivity contribution in [1.29, 1.82) is 0 Å². The summed E-state index contributed by atoms with van der Waals surface area (Å²) in [6.07, 6.45) is -1.24. The van der Waals surface area contributed by atoms with Gasteiger partial charge in [0.05, 0.1) is 15.6 Å². The van der Waals surface area contributed by atoms with E-state index in [1.807, 2.05) is 0 Å². The highest BCUT2D eigenvalue weighted by Gasteiger charge is 2.26. The number of nitrogens with one attached hydrogen (secondary N) is 2. The monoisotopic (exact) mass is 544 g/mol. The van der Waals surface area contributed by atoms with Gasteiger partial charge in [-0.25, -0.2) is 17.6 Å². The smallest absolute Gasteiger partial charge is 0.340 e. The van der Waals surface area contributed by atoms with Gasteiger partial charge in [-0.3, -0.25) is 9.52 Å². The first-order valence-corrected chi connectivity index (χ1v) is 12.1. The molecule has 0 fully saturated rings. The van der Waals surface area contributed by atoms with Crippen molar-refractivity contribution in [3.8, 4) is 0 Å². The van der Waals surface area contributed by atoms with Crippen LogP contribution >= 0.6 is 34.8 Å². The number of carbonyl (C=O) groups is 2. The lowest BCUT2D eigenvalue weighted by atomic mass is 10.2. The molecule has 0 bridgehead atoms. The molecule has 0 saturated heterocycles. The van der Waals surface area contributed by atoms with Crippen LogP contribution in [-0.4, -0.2) is 26.4 Å². The molecule has 2 N–H and O–H groups in total. The molecule has 34 heavy (non-hydrogen) atoms. The van der Waals surface area contributed by atoms with Crippen molar-refractivity contribution in [3.05, 3.63) is 87.1 Å². The number of ether oxygens (including phenoxy) is 1. The van der Waals surface area contributed by atoms with Gasteiger partial charge in [-0.2, -0.15) is 0 Å². The SMILES string of the molecule is C[C@@H](OC(=O)c1cc(S(=O)(=O)Nc2ccc(F)cc2)c(Cl)cc1Cl)C(=O)Nc1ccc(Cl)cc1. The molecule has 1 amide bonds. The molecule has 0 heterocycles. The predicted octanol–water partition coefficient (Wildman–Crippen LogP) is 5.77. The van der Waals surface area contributed by atoms with Gasteiger partial charge in [-0.1, -0.05) is 34.8 Å². The van der Waals surface area contributed by atoms with Crippen molar-refractivity contribution in [2.45, 2.75) is 17.9 Å². The van der Waals surface area contributed by atoms with Gasteiger partial charge in [0.15, 0.2) is 6.10 Å². The van der Waals surface area contributed by atoms with Crippen LogP contribution in [0.4, 0.5) is 15.8 Å². The Morgan fingerprint density at radius 1 is 0.912 bits per heavy atom. The van der Waals surface area contributed by atoms with Gasteiger partial charge in [0.2, 0.25) is 0 Å². The number of anilines is 2. The van der Waals surface area contributed by atoms with E-state index >= 15 is 0 Å². The van der Waals surface area contributed by atoms with E-state index in [0.29, 0.717) is 10.7 Å². The third-order valence-corrected chi connectivity index (χ3v) is 6.80.